The van der Waals surface area contributed by atoms with Gasteiger partial charge in [-0.3, -0.25) is 9.69 Å². The number of aldehydes is 1. The number of hydrogen-bond donors (Lipinski definition) is 0. The van der Waals surface area contributed by atoms with Crippen molar-refractivity contribution in [2.45, 2.75) is 33.7 Å². The Morgan fingerprint density at radius 3 is 2.47 bits per heavy atom. The summed E-state index contributed by atoms with van der Waals surface area (Å²) in [5.41, 5.74) is 1.33. The van der Waals surface area contributed by atoms with Gasteiger partial charge in [0.1, 0.15) is 0 Å². The molecule has 1 heterocycles. The molecule has 0 amide bonds. The smallest absolute Gasteiger partial charge is 0.160 e. The number of hydrogen-bond acceptors (Lipinski definition) is 3. The summed E-state index contributed by atoms with van der Waals surface area (Å²) in [6, 6.07) is 2.04. The molecule has 3 heteroatoms. The van der Waals surface area contributed by atoms with Crippen LogP contribution in [0.1, 0.15) is 40.9 Å². The molecule has 1 aromatic rings. The van der Waals surface area contributed by atoms with Crippen LogP contribution in [0.2, 0.25) is 0 Å². The van der Waals surface area contributed by atoms with Crippen molar-refractivity contribution in [3.8, 4) is 0 Å². The summed E-state index contributed by atoms with van der Waals surface area (Å²) in [5, 5.41) is 0. The van der Waals surface area contributed by atoms with Crippen LogP contribution in [0, 0.1) is 0 Å². The first-order valence-electron chi connectivity index (χ1n) is 5.54. The lowest BCUT2D eigenvalue weighted by Crippen LogP contribution is -2.22. The molecule has 0 spiro atoms. The average molecular weight is 225 g/mol. The third-order valence-corrected chi connectivity index (χ3v) is 3.89. The van der Waals surface area contributed by atoms with Gasteiger partial charge >= 0.3 is 0 Å². The highest BCUT2D eigenvalue weighted by molar-refractivity contribution is 7.13. The zero-order valence-electron chi connectivity index (χ0n) is 9.75. The van der Waals surface area contributed by atoms with Crippen molar-refractivity contribution in [1.82, 2.24) is 4.90 Å². The lowest BCUT2D eigenvalue weighted by Gasteiger charge is -2.17. The van der Waals surface area contributed by atoms with E-state index < -0.39 is 0 Å². The molecule has 0 aliphatic carbocycles. The number of carbonyl (C=O) groups excluding carboxylic acids is 1. The normalized spacial score (nSPS) is 10.9. The standard InChI is InChI=1S/C12H19NOS/c1-4-12-10(7-11(9-14)15-12)8-13(5-2)6-3/h7,9H,4-6,8H2,1-3H3. The second-order valence-corrected chi connectivity index (χ2v) is 4.70. The summed E-state index contributed by atoms with van der Waals surface area (Å²) in [5.74, 6) is 0. The monoisotopic (exact) mass is 225 g/mol. The van der Waals surface area contributed by atoms with E-state index in [0.717, 1.165) is 37.2 Å². The Morgan fingerprint density at radius 2 is 2.00 bits per heavy atom. The van der Waals surface area contributed by atoms with Crippen molar-refractivity contribution < 1.29 is 4.79 Å². The maximum atomic E-state index is 10.7. The van der Waals surface area contributed by atoms with E-state index in [0.29, 0.717) is 0 Å². The maximum absolute atomic E-state index is 10.7. The van der Waals surface area contributed by atoms with Gasteiger partial charge in [0.15, 0.2) is 6.29 Å². The first-order chi connectivity index (χ1) is 7.24. The molecule has 2 nitrogen and oxygen atoms in total. The van der Waals surface area contributed by atoms with Crippen molar-refractivity contribution in [2.75, 3.05) is 13.1 Å². The molecule has 0 aliphatic heterocycles. The zero-order valence-corrected chi connectivity index (χ0v) is 10.6. The Hall–Kier alpha value is -0.670. The number of nitrogens with zero attached hydrogens (tertiary/aromatic N) is 1. The van der Waals surface area contributed by atoms with E-state index in [1.54, 1.807) is 11.3 Å². The van der Waals surface area contributed by atoms with Gasteiger partial charge in [-0.15, -0.1) is 11.3 Å². The topological polar surface area (TPSA) is 20.3 Å². The largest absolute Gasteiger partial charge is 0.300 e. The van der Waals surface area contributed by atoms with Crippen molar-refractivity contribution in [1.29, 1.82) is 0 Å². The molecule has 0 unspecified atom stereocenters. The summed E-state index contributed by atoms with van der Waals surface area (Å²) in [7, 11) is 0. The van der Waals surface area contributed by atoms with E-state index in [1.807, 2.05) is 6.07 Å². The lowest BCUT2D eigenvalue weighted by atomic mass is 10.2. The van der Waals surface area contributed by atoms with E-state index >= 15 is 0 Å². The molecule has 0 saturated heterocycles. The third kappa shape index (κ3) is 3.14. The minimum atomic E-state index is 0.856. The third-order valence-electron chi connectivity index (χ3n) is 2.64. The van der Waals surface area contributed by atoms with Crippen LogP contribution < -0.4 is 0 Å². The van der Waals surface area contributed by atoms with Crippen molar-refractivity contribution in [2.24, 2.45) is 0 Å². The summed E-state index contributed by atoms with van der Waals surface area (Å²) >= 11 is 1.63. The highest BCUT2D eigenvalue weighted by Crippen LogP contribution is 2.23. The molecule has 1 aromatic heterocycles. The van der Waals surface area contributed by atoms with Crippen LogP contribution in [-0.4, -0.2) is 24.3 Å². The lowest BCUT2D eigenvalue weighted by molar-refractivity contribution is 0.112. The van der Waals surface area contributed by atoms with Gasteiger partial charge in [-0.2, -0.15) is 0 Å². The number of rotatable bonds is 6. The fraction of sp³-hybridized carbons (Fsp3) is 0.583. The molecule has 0 fully saturated rings. The van der Waals surface area contributed by atoms with Crippen molar-refractivity contribution >= 4 is 17.6 Å². The predicted molar refractivity (Wildman–Crippen MR) is 65.7 cm³/mol. The van der Waals surface area contributed by atoms with Gasteiger partial charge in [0, 0.05) is 11.4 Å². The van der Waals surface area contributed by atoms with Crippen LogP contribution in [0.5, 0.6) is 0 Å². The van der Waals surface area contributed by atoms with Crippen LogP contribution in [0.4, 0.5) is 0 Å². The van der Waals surface area contributed by atoms with E-state index in [-0.39, 0.29) is 0 Å². The quantitative estimate of drug-likeness (QED) is 0.694. The molecule has 0 aliphatic rings. The van der Waals surface area contributed by atoms with E-state index in [9.17, 15) is 4.79 Å². The molecular weight excluding hydrogens is 206 g/mol. The summed E-state index contributed by atoms with van der Waals surface area (Å²) in [4.78, 5) is 15.3. The predicted octanol–water partition coefficient (Wildman–Crippen LogP) is 2.96. The maximum Gasteiger partial charge on any atom is 0.160 e. The number of aryl methyl sites for hydroxylation is 1. The van der Waals surface area contributed by atoms with Crippen molar-refractivity contribution in [3.63, 3.8) is 0 Å². The van der Waals surface area contributed by atoms with Gasteiger partial charge in [-0.05, 0) is 31.1 Å². The fourth-order valence-electron chi connectivity index (χ4n) is 1.67. The zero-order chi connectivity index (χ0) is 11.3. The van der Waals surface area contributed by atoms with Gasteiger partial charge in [-0.1, -0.05) is 20.8 Å². The molecule has 0 N–H and O–H groups in total. The first kappa shape index (κ1) is 12.4. The van der Waals surface area contributed by atoms with E-state index in [2.05, 4.69) is 25.7 Å². The Morgan fingerprint density at radius 1 is 1.33 bits per heavy atom. The van der Waals surface area contributed by atoms with Crippen LogP contribution in [0.3, 0.4) is 0 Å². The molecular formula is C12H19NOS. The highest BCUT2D eigenvalue weighted by atomic mass is 32.1. The molecule has 15 heavy (non-hydrogen) atoms. The second kappa shape index (κ2) is 6.03. The van der Waals surface area contributed by atoms with Gasteiger partial charge in [-0.25, -0.2) is 0 Å². The average Bonchev–Trinajstić information content (AvgIpc) is 2.68. The second-order valence-electron chi connectivity index (χ2n) is 3.53. The molecule has 0 radical (unpaired) electrons. The Bertz CT molecular complexity index is 315. The number of thiophene rings is 1. The SMILES string of the molecule is CCc1sc(C=O)cc1CN(CC)CC. The van der Waals surface area contributed by atoms with Crippen LogP contribution in [-0.2, 0) is 13.0 Å². The first-order valence-corrected chi connectivity index (χ1v) is 6.35. The Balaban J connectivity index is 2.82. The summed E-state index contributed by atoms with van der Waals surface area (Å²) in [6.07, 6.45) is 1.98. The minimum Gasteiger partial charge on any atom is -0.300 e. The van der Waals surface area contributed by atoms with Gasteiger partial charge < -0.3 is 0 Å². The van der Waals surface area contributed by atoms with Crippen LogP contribution in [0.15, 0.2) is 6.07 Å². The molecule has 0 aromatic carbocycles. The molecule has 0 atom stereocenters. The highest BCUT2D eigenvalue weighted by Gasteiger charge is 2.09. The van der Waals surface area contributed by atoms with Crippen LogP contribution >= 0.6 is 11.3 Å². The molecule has 1 rings (SSSR count). The van der Waals surface area contributed by atoms with E-state index in [4.69, 9.17) is 0 Å². The van der Waals surface area contributed by atoms with Gasteiger partial charge in [0.2, 0.25) is 0 Å². The Kier molecular flexibility index (Phi) is 4.99. The van der Waals surface area contributed by atoms with Crippen LogP contribution in [0.25, 0.3) is 0 Å². The molecule has 0 saturated carbocycles. The Labute approximate surface area is 95.9 Å². The number of carbonyl (C=O) groups is 1. The molecule has 84 valence electrons. The van der Waals surface area contributed by atoms with Gasteiger partial charge in [0.25, 0.3) is 0 Å². The summed E-state index contributed by atoms with van der Waals surface area (Å²) in [6.45, 7) is 9.58. The van der Waals surface area contributed by atoms with E-state index in [1.165, 1.54) is 10.4 Å². The van der Waals surface area contributed by atoms with Gasteiger partial charge in [0.05, 0.1) is 4.88 Å². The molecule has 0 bridgehead atoms. The van der Waals surface area contributed by atoms with Crippen molar-refractivity contribution in [3.05, 3.63) is 21.4 Å². The summed E-state index contributed by atoms with van der Waals surface area (Å²) < 4.78 is 0. The minimum absolute atomic E-state index is 0.856. The fourth-order valence-corrected chi connectivity index (χ4v) is 2.60.